The molecule has 0 spiro atoms. The molecule has 5 N–H and O–H groups in total. The van der Waals surface area contributed by atoms with Crippen LogP contribution in [0.3, 0.4) is 0 Å². The van der Waals surface area contributed by atoms with Gasteiger partial charge in [0.1, 0.15) is 0 Å². The molecule has 1 saturated heterocycles. The third-order valence-electron chi connectivity index (χ3n) is 2.12. The van der Waals surface area contributed by atoms with Crippen molar-refractivity contribution in [3.63, 3.8) is 0 Å². The zero-order chi connectivity index (χ0) is 10.6. The van der Waals surface area contributed by atoms with E-state index in [1.165, 1.54) is 0 Å². The zero-order valence-corrected chi connectivity index (χ0v) is 8.85. The van der Waals surface area contributed by atoms with Gasteiger partial charge >= 0.3 is 0 Å². The van der Waals surface area contributed by atoms with E-state index in [4.69, 9.17) is 23.7 Å². The maximum atomic E-state index is 11.7. The van der Waals surface area contributed by atoms with Crippen LogP contribution in [-0.2, 0) is 4.79 Å². The van der Waals surface area contributed by atoms with Crippen molar-refractivity contribution >= 4 is 23.1 Å². The van der Waals surface area contributed by atoms with Gasteiger partial charge in [-0.1, -0.05) is 12.2 Å². The van der Waals surface area contributed by atoms with Crippen LogP contribution in [0.25, 0.3) is 0 Å². The van der Waals surface area contributed by atoms with Gasteiger partial charge in [-0.15, -0.1) is 0 Å². The number of nitrogens with two attached hydrogens (primary N) is 2. The van der Waals surface area contributed by atoms with E-state index in [0.29, 0.717) is 6.54 Å². The molecule has 1 aliphatic rings. The van der Waals surface area contributed by atoms with Crippen LogP contribution < -0.4 is 16.9 Å². The van der Waals surface area contributed by atoms with Crippen LogP contribution in [0.1, 0.15) is 19.3 Å². The summed E-state index contributed by atoms with van der Waals surface area (Å²) in [6.07, 6.45) is 2.37. The minimum Gasteiger partial charge on any atom is -0.393 e. The molecule has 1 rings (SSSR count). The average molecular weight is 216 g/mol. The fourth-order valence-electron chi connectivity index (χ4n) is 1.38. The van der Waals surface area contributed by atoms with Gasteiger partial charge in [-0.25, -0.2) is 5.43 Å². The van der Waals surface area contributed by atoms with Crippen LogP contribution in [0.4, 0.5) is 0 Å². The first-order chi connectivity index (χ1) is 6.61. The van der Waals surface area contributed by atoms with Gasteiger partial charge in [0.2, 0.25) is 0 Å². The molecule has 5 nitrogen and oxygen atoms in total. The fraction of sp³-hybridized carbons (Fsp3) is 0.750. The minimum atomic E-state index is -0.613. The largest absolute Gasteiger partial charge is 0.393 e. The standard InChI is InChI=1S/C8H16N4OS/c9-6(5-7(10)14)8(13)12-4-2-1-3-11-12/h6,11H,1-5,9H2,(H2,10,14)/t6-/m0/s1. The Hall–Kier alpha value is -0.720. The summed E-state index contributed by atoms with van der Waals surface area (Å²) in [5, 5.41) is 1.56. The molecule has 6 heteroatoms. The first-order valence-corrected chi connectivity index (χ1v) is 5.11. The van der Waals surface area contributed by atoms with Crippen LogP contribution in [0, 0.1) is 0 Å². The molecular weight excluding hydrogens is 200 g/mol. The lowest BCUT2D eigenvalue weighted by Gasteiger charge is -2.29. The molecule has 0 unspecified atom stereocenters. The highest BCUT2D eigenvalue weighted by molar-refractivity contribution is 7.80. The highest BCUT2D eigenvalue weighted by Gasteiger charge is 2.22. The summed E-state index contributed by atoms with van der Waals surface area (Å²) in [6.45, 7) is 1.54. The van der Waals surface area contributed by atoms with Crippen molar-refractivity contribution < 1.29 is 4.79 Å². The Morgan fingerprint density at radius 3 is 2.79 bits per heavy atom. The Balaban J connectivity index is 2.42. The van der Waals surface area contributed by atoms with Gasteiger partial charge in [-0.3, -0.25) is 9.80 Å². The van der Waals surface area contributed by atoms with Gasteiger partial charge in [0.15, 0.2) is 0 Å². The third kappa shape index (κ3) is 3.21. The lowest BCUT2D eigenvalue weighted by Crippen LogP contribution is -2.53. The first kappa shape index (κ1) is 11.4. The van der Waals surface area contributed by atoms with E-state index < -0.39 is 6.04 Å². The van der Waals surface area contributed by atoms with Gasteiger partial charge in [-0.2, -0.15) is 0 Å². The topological polar surface area (TPSA) is 84.4 Å². The monoisotopic (exact) mass is 216 g/mol. The average Bonchev–Trinajstić information content (AvgIpc) is 2.17. The van der Waals surface area contributed by atoms with Crippen molar-refractivity contribution in [1.82, 2.24) is 10.4 Å². The summed E-state index contributed by atoms with van der Waals surface area (Å²) >= 11 is 4.70. The molecule has 1 aliphatic heterocycles. The molecule has 0 aromatic carbocycles. The predicted octanol–water partition coefficient (Wildman–Crippen LogP) is -0.883. The van der Waals surface area contributed by atoms with Crippen LogP contribution in [0.15, 0.2) is 0 Å². The molecule has 0 radical (unpaired) electrons. The van der Waals surface area contributed by atoms with Gasteiger partial charge in [0, 0.05) is 19.5 Å². The normalized spacial score (nSPS) is 19.1. The summed E-state index contributed by atoms with van der Waals surface area (Å²) in [4.78, 5) is 11.9. The molecule has 0 aromatic rings. The van der Waals surface area contributed by atoms with Gasteiger partial charge < -0.3 is 11.5 Å². The number of rotatable bonds is 3. The minimum absolute atomic E-state index is 0.127. The van der Waals surface area contributed by atoms with Crippen LogP contribution in [-0.4, -0.2) is 35.0 Å². The second-order valence-corrected chi connectivity index (χ2v) is 3.91. The number of nitrogens with one attached hydrogen (secondary N) is 1. The number of carbonyl (C=O) groups is 1. The van der Waals surface area contributed by atoms with Gasteiger partial charge in [-0.05, 0) is 12.8 Å². The SMILES string of the molecule is NC(=S)C[C@H](N)C(=O)N1CCCCN1. The highest BCUT2D eigenvalue weighted by Crippen LogP contribution is 2.02. The summed E-state index contributed by atoms with van der Waals surface area (Å²) in [7, 11) is 0. The van der Waals surface area contributed by atoms with Crippen molar-refractivity contribution in [3.05, 3.63) is 0 Å². The molecule has 1 atom stereocenters. The van der Waals surface area contributed by atoms with E-state index in [1.807, 2.05) is 0 Å². The fourth-order valence-corrected chi connectivity index (χ4v) is 1.56. The molecule has 0 saturated carbocycles. The second-order valence-electron chi connectivity index (χ2n) is 3.38. The lowest BCUT2D eigenvalue weighted by molar-refractivity contribution is -0.136. The number of thiocarbonyl (C=S) groups is 1. The second kappa shape index (κ2) is 5.23. The van der Waals surface area contributed by atoms with Crippen LogP contribution in [0.5, 0.6) is 0 Å². The Bertz CT molecular complexity index is 227. The molecule has 14 heavy (non-hydrogen) atoms. The lowest BCUT2D eigenvalue weighted by atomic mass is 10.2. The summed E-state index contributed by atoms with van der Waals surface area (Å²) in [6, 6.07) is -0.613. The van der Waals surface area contributed by atoms with E-state index in [1.54, 1.807) is 5.01 Å². The molecule has 1 fully saturated rings. The van der Waals surface area contributed by atoms with Crippen LogP contribution in [0.2, 0.25) is 0 Å². The molecule has 0 aromatic heterocycles. The number of hydrazine groups is 1. The Morgan fingerprint density at radius 2 is 2.29 bits per heavy atom. The van der Waals surface area contributed by atoms with Crippen molar-refractivity contribution in [2.45, 2.75) is 25.3 Å². The quantitative estimate of drug-likeness (QED) is 0.533. The van der Waals surface area contributed by atoms with E-state index in [9.17, 15) is 4.79 Å². The van der Waals surface area contributed by atoms with E-state index >= 15 is 0 Å². The Kier molecular flexibility index (Phi) is 4.24. The molecule has 80 valence electrons. The van der Waals surface area contributed by atoms with Gasteiger partial charge in [0.25, 0.3) is 5.91 Å². The first-order valence-electron chi connectivity index (χ1n) is 4.70. The number of amides is 1. The van der Waals surface area contributed by atoms with Crippen LogP contribution >= 0.6 is 12.2 Å². The van der Waals surface area contributed by atoms with E-state index in [0.717, 1.165) is 19.4 Å². The van der Waals surface area contributed by atoms with Crippen molar-refractivity contribution in [2.75, 3.05) is 13.1 Å². The molecular formula is C8H16N4OS. The van der Waals surface area contributed by atoms with Crippen molar-refractivity contribution in [1.29, 1.82) is 0 Å². The highest BCUT2D eigenvalue weighted by atomic mass is 32.1. The predicted molar refractivity (Wildman–Crippen MR) is 58.3 cm³/mol. The van der Waals surface area contributed by atoms with Crippen molar-refractivity contribution in [3.8, 4) is 0 Å². The summed E-state index contributed by atoms with van der Waals surface area (Å²) < 4.78 is 0. The summed E-state index contributed by atoms with van der Waals surface area (Å²) in [5.41, 5.74) is 14.0. The van der Waals surface area contributed by atoms with Crippen molar-refractivity contribution in [2.24, 2.45) is 11.5 Å². The van der Waals surface area contributed by atoms with Gasteiger partial charge in [0.05, 0.1) is 11.0 Å². The Labute approximate surface area is 88.8 Å². The number of carbonyl (C=O) groups excluding carboxylic acids is 1. The molecule has 1 heterocycles. The zero-order valence-electron chi connectivity index (χ0n) is 8.03. The van der Waals surface area contributed by atoms with E-state index in [-0.39, 0.29) is 17.3 Å². The molecule has 0 bridgehead atoms. The smallest absolute Gasteiger partial charge is 0.253 e. The van der Waals surface area contributed by atoms with E-state index in [2.05, 4.69) is 5.43 Å². The maximum Gasteiger partial charge on any atom is 0.253 e. The molecule has 0 aliphatic carbocycles. The number of hydrogen-bond donors (Lipinski definition) is 3. The number of hydrogen-bond acceptors (Lipinski definition) is 4. The maximum absolute atomic E-state index is 11.7. The summed E-state index contributed by atoms with van der Waals surface area (Å²) in [5.74, 6) is -0.127. The number of nitrogens with zero attached hydrogens (tertiary/aromatic N) is 1. The molecule has 1 amide bonds. The third-order valence-corrected chi connectivity index (χ3v) is 2.28. The Morgan fingerprint density at radius 1 is 1.57 bits per heavy atom.